The number of nitrogens with two attached hydrogens (primary N) is 1. The Labute approximate surface area is 87.2 Å². The summed E-state index contributed by atoms with van der Waals surface area (Å²) in [6.07, 6.45) is 5.56. The van der Waals surface area contributed by atoms with Crippen molar-refractivity contribution in [3.8, 4) is 0 Å². The van der Waals surface area contributed by atoms with Gasteiger partial charge in [0.1, 0.15) is 0 Å². The summed E-state index contributed by atoms with van der Waals surface area (Å²) in [6.45, 7) is 0. The summed E-state index contributed by atoms with van der Waals surface area (Å²) < 4.78 is 0. The Morgan fingerprint density at radius 2 is 2.38 bits per heavy atom. The first-order chi connectivity index (χ1) is 6.27. The Kier molecular flexibility index (Phi) is 2.72. The molecule has 0 saturated carbocycles. The number of halogens is 1. The highest BCUT2D eigenvalue weighted by Crippen LogP contribution is 2.34. The van der Waals surface area contributed by atoms with Crippen molar-refractivity contribution < 1.29 is 0 Å². The maximum absolute atomic E-state index is 6.05. The molecule has 1 aromatic heterocycles. The van der Waals surface area contributed by atoms with Gasteiger partial charge in [-0.1, -0.05) is 17.7 Å². The van der Waals surface area contributed by atoms with Crippen molar-refractivity contribution in [3.63, 3.8) is 0 Å². The summed E-state index contributed by atoms with van der Waals surface area (Å²) in [6, 6.07) is 2.17. The van der Waals surface area contributed by atoms with Gasteiger partial charge in [0.15, 0.2) is 0 Å². The highest BCUT2D eigenvalue weighted by atomic mass is 35.5. The van der Waals surface area contributed by atoms with Crippen molar-refractivity contribution in [1.82, 2.24) is 0 Å². The number of allylic oxidation sites excluding steroid dienone is 1. The van der Waals surface area contributed by atoms with Crippen molar-refractivity contribution in [2.45, 2.75) is 25.3 Å². The van der Waals surface area contributed by atoms with Crippen molar-refractivity contribution >= 4 is 28.5 Å². The summed E-state index contributed by atoms with van der Waals surface area (Å²) in [7, 11) is 0. The minimum Gasteiger partial charge on any atom is -0.324 e. The van der Waals surface area contributed by atoms with E-state index in [0.29, 0.717) is 0 Å². The molecule has 1 aromatic rings. The second kappa shape index (κ2) is 3.82. The summed E-state index contributed by atoms with van der Waals surface area (Å²) in [5.41, 5.74) is 7.20. The van der Waals surface area contributed by atoms with Gasteiger partial charge in [-0.25, -0.2) is 0 Å². The van der Waals surface area contributed by atoms with E-state index in [2.05, 4.69) is 6.08 Å². The first-order valence-electron chi connectivity index (χ1n) is 4.47. The molecule has 1 nitrogen and oxygen atoms in total. The maximum atomic E-state index is 6.05. The van der Waals surface area contributed by atoms with Gasteiger partial charge in [-0.15, -0.1) is 11.3 Å². The highest BCUT2D eigenvalue weighted by Gasteiger charge is 2.14. The second-order valence-corrected chi connectivity index (χ2v) is 4.67. The number of hydrogen-bond donors (Lipinski definition) is 1. The first-order valence-corrected chi connectivity index (χ1v) is 5.73. The largest absolute Gasteiger partial charge is 0.324 e. The van der Waals surface area contributed by atoms with Crippen LogP contribution in [0.15, 0.2) is 17.5 Å². The molecule has 0 fully saturated rings. The Morgan fingerprint density at radius 3 is 3.00 bits per heavy atom. The molecule has 1 aliphatic carbocycles. The Hall–Kier alpha value is -0.310. The van der Waals surface area contributed by atoms with E-state index in [1.54, 1.807) is 11.3 Å². The molecule has 1 heterocycles. The molecule has 3 heteroatoms. The fraction of sp³-hybridized carbons (Fsp3) is 0.400. The van der Waals surface area contributed by atoms with Gasteiger partial charge in [0.2, 0.25) is 0 Å². The molecule has 1 unspecified atom stereocenters. The molecule has 0 bridgehead atoms. The monoisotopic (exact) mass is 213 g/mol. The Morgan fingerprint density at radius 1 is 1.54 bits per heavy atom. The SMILES string of the molecule is NC1C=C(c2sccc2Cl)CCC1. The van der Waals surface area contributed by atoms with E-state index in [4.69, 9.17) is 17.3 Å². The topological polar surface area (TPSA) is 26.0 Å². The van der Waals surface area contributed by atoms with Gasteiger partial charge < -0.3 is 5.73 Å². The molecule has 2 rings (SSSR count). The molecule has 0 amide bonds. The van der Waals surface area contributed by atoms with Gasteiger partial charge in [-0.2, -0.15) is 0 Å². The number of thiophene rings is 1. The molecule has 13 heavy (non-hydrogen) atoms. The molecule has 0 radical (unpaired) electrons. The van der Waals surface area contributed by atoms with E-state index in [0.717, 1.165) is 17.9 Å². The summed E-state index contributed by atoms with van der Waals surface area (Å²) in [4.78, 5) is 1.21. The molecule has 2 N–H and O–H groups in total. The molecular weight excluding hydrogens is 202 g/mol. The van der Waals surface area contributed by atoms with Crippen LogP contribution in [0.4, 0.5) is 0 Å². The average Bonchev–Trinajstić information content (AvgIpc) is 2.51. The Balaban J connectivity index is 2.30. The van der Waals surface area contributed by atoms with Crippen LogP contribution >= 0.6 is 22.9 Å². The van der Waals surface area contributed by atoms with Crippen LogP contribution in [0.5, 0.6) is 0 Å². The molecule has 0 saturated heterocycles. The standard InChI is InChI=1S/C10H12ClNS/c11-9-4-5-13-10(9)7-2-1-3-8(12)6-7/h4-6,8H,1-3,12H2. The Bertz CT molecular complexity index is 329. The third-order valence-electron chi connectivity index (χ3n) is 2.31. The van der Waals surface area contributed by atoms with Crippen molar-refractivity contribution in [2.24, 2.45) is 5.73 Å². The van der Waals surface area contributed by atoms with Crippen LogP contribution in [0.25, 0.3) is 5.57 Å². The smallest absolute Gasteiger partial charge is 0.0588 e. The number of rotatable bonds is 1. The van der Waals surface area contributed by atoms with Gasteiger partial charge in [0, 0.05) is 10.9 Å². The summed E-state index contributed by atoms with van der Waals surface area (Å²) in [5.74, 6) is 0. The van der Waals surface area contributed by atoms with Gasteiger partial charge in [0.05, 0.1) is 5.02 Å². The minimum absolute atomic E-state index is 0.224. The quantitative estimate of drug-likeness (QED) is 0.761. The fourth-order valence-electron chi connectivity index (χ4n) is 1.67. The van der Waals surface area contributed by atoms with Crippen molar-refractivity contribution in [1.29, 1.82) is 0 Å². The van der Waals surface area contributed by atoms with E-state index in [9.17, 15) is 0 Å². The van der Waals surface area contributed by atoms with Gasteiger partial charge >= 0.3 is 0 Å². The van der Waals surface area contributed by atoms with E-state index in [1.165, 1.54) is 16.9 Å². The van der Waals surface area contributed by atoms with Crippen LogP contribution in [0.1, 0.15) is 24.1 Å². The minimum atomic E-state index is 0.224. The van der Waals surface area contributed by atoms with Crippen LogP contribution < -0.4 is 5.73 Å². The molecule has 1 atom stereocenters. The van der Waals surface area contributed by atoms with Crippen molar-refractivity contribution in [2.75, 3.05) is 0 Å². The normalized spacial score (nSPS) is 22.9. The summed E-state index contributed by atoms with van der Waals surface area (Å²) >= 11 is 7.75. The van der Waals surface area contributed by atoms with Crippen LogP contribution in [0.3, 0.4) is 0 Å². The third-order valence-corrected chi connectivity index (χ3v) is 3.72. The fourth-order valence-corrected chi connectivity index (χ4v) is 2.90. The lowest BCUT2D eigenvalue weighted by molar-refractivity contribution is 0.655. The lowest BCUT2D eigenvalue weighted by Crippen LogP contribution is -2.19. The zero-order valence-electron chi connectivity index (χ0n) is 7.29. The molecule has 0 spiro atoms. The number of hydrogen-bond acceptors (Lipinski definition) is 2. The third kappa shape index (κ3) is 1.96. The predicted molar refractivity (Wildman–Crippen MR) is 59.1 cm³/mol. The van der Waals surface area contributed by atoms with Crippen LogP contribution in [0.2, 0.25) is 5.02 Å². The van der Waals surface area contributed by atoms with Gasteiger partial charge in [-0.3, -0.25) is 0 Å². The van der Waals surface area contributed by atoms with Crippen LogP contribution in [0, 0.1) is 0 Å². The predicted octanol–water partition coefficient (Wildman–Crippen LogP) is 3.30. The van der Waals surface area contributed by atoms with Gasteiger partial charge in [0.25, 0.3) is 0 Å². The average molecular weight is 214 g/mol. The molecule has 1 aliphatic rings. The van der Waals surface area contributed by atoms with E-state index in [-0.39, 0.29) is 6.04 Å². The lowest BCUT2D eigenvalue weighted by atomic mass is 9.95. The van der Waals surface area contributed by atoms with E-state index < -0.39 is 0 Å². The van der Waals surface area contributed by atoms with E-state index in [1.807, 2.05) is 11.4 Å². The summed E-state index contributed by atoms with van der Waals surface area (Å²) in [5, 5.41) is 2.89. The second-order valence-electron chi connectivity index (χ2n) is 3.35. The highest BCUT2D eigenvalue weighted by molar-refractivity contribution is 7.11. The zero-order chi connectivity index (χ0) is 9.26. The molecule has 70 valence electrons. The zero-order valence-corrected chi connectivity index (χ0v) is 8.87. The van der Waals surface area contributed by atoms with Crippen molar-refractivity contribution in [3.05, 3.63) is 27.4 Å². The lowest BCUT2D eigenvalue weighted by Gasteiger charge is -2.16. The molecule has 0 aromatic carbocycles. The van der Waals surface area contributed by atoms with Crippen LogP contribution in [-0.2, 0) is 0 Å². The van der Waals surface area contributed by atoms with Gasteiger partial charge in [-0.05, 0) is 36.3 Å². The van der Waals surface area contributed by atoms with Crippen LogP contribution in [-0.4, -0.2) is 6.04 Å². The van der Waals surface area contributed by atoms with E-state index >= 15 is 0 Å². The molecular formula is C10H12ClNS. The first kappa shape index (κ1) is 9.25. The molecule has 0 aliphatic heterocycles. The maximum Gasteiger partial charge on any atom is 0.0588 e.